The van der Waals surface area contributed by atoms with Gasteiger partial charge in [-0.15, -0.1) is 0 Å². The Bertz CT molecular complexity index is 1560. The molecule has 3 aromatic carbocycles. The molecule has 144 valence electrons. The van der Waals surface area contributed by atoms with Gasteiger partial charge >= 0.3 is 0 Å². The van der Waals surface area contributed by atoms with E-state index in [4.69, 9.17) is 0 Å². The van der Waals surface area contributed by atoms with Crippen LogP contribution in [0.2, 0.25) is 0 Å². The first-order chi connectivity index (χ1) is 14.0. The first kappa shape index (κ1) is 17.5. The van der Waals surface area contributed by atoms with E-state index in [2.05, 4.69) is 23.0 Å². The highest BCUT2D eigenvalue weighted by Crippen LogP contribution is 2.29. The quantitative estimate of drug-likeness (QED) is 0.447. The zero-order valence-corrected chi connectivity index (χ0v) is 16.6. The van der Waals surface area contributed by atoms with E-state index in [1.165, 1.54) is 0 Å². The Morgan fingerprint density at radius 3 is 2.10 bits per heavy atom. The Balaban J connectivity index is 1.98. The summed E-state index contributed by atoms with van der Waals surface area (Å²) in [7, 11) is 3.92. The van der Waals surface area contributed by atoms with Crippen molar-refractivity contribution in [2.75, 3.05) is 19.0 Å². The highest BCUT2D eigenvalue weighted by molar-refractivity contribution is 6.05. The molecule has 0 saturated carbocycles. The summed E-state index contributed by atoms with van der Waals surface area (Å²) in [5.41, 5.74) is 4.90. The van der Waals surface area contributed by atoms with Gasteiger partial charge in [0.25, 0.3) is 0 Å². The molecular formula is C24H21N3O2. The van der Waals surface area contributed by atoms with Crippen LogP contribution in [0.25, 0.3) is 43.6 Å². The lowest BCUT2D eigenvalue weighted by Crippen LogP contribution is -2.16. The van der Waals surface area contributed by atoms with Crippen molar-refractivity contribution in [3.63, 3.8) is 0 Å². The Morgan fingerprint density at radius 1 is 0.759 bits per heavy atom. The smallest absolute Gasteiger partial charge is 0.199 e. The van der Waals surface area contributed by atoms with Crippen molar-refractivity contribution in [3.05, 3.63) is 74.5 Å². The number of anilines is 1. The predicted molar refractivity (Wildman–Crippen MR) is 121 cm³/mol. The average Bonchev–Trinajstić information content (AvgIpc) is 2.72. The van der Waals surface area contributed by atoms with Crippen LogP contribution in [0.1, 0.15) is 12.5 Å². The summed E-state index contributed by atoms with van der Waals surface area (Å²) < 4.78 is 0. The minimum Gasteiger partial charge on any atom is -0.377 e. The maximum atomic E-state index is 13.5. The molecule has 5 rings (SSSR count). The van der Waals surface area contributed by atoms with Gasteiger partial charge in [-0.25, -0.2) is 0 Å². The molecule has 0 atom stereocenters. The van der Waals surface area contributed by atoms with Crippen LogP contribution in [0.5, 0.6) is 0 Å². The van der Waals surface area contributed by atoms with Gasteiger partial charge in [0.05, 0.1) is 27.6 Å². The van der Waals surface area contributed by atoms with Gasteiger partial charge in [0.2, 0.25) is 0 Å². The van der Waals surface area contributed by atoms with Crippen LogP contribution in [-0.4, -0.2) is 24.1 Å². The van der Waals surface area contributed by atoms with Gasteiger partial charge in [0.1, 0.15) is 0 Å². The lowest BCUT2D eigenvalue weighted by Gasteiger charge is -2.19. The molecule has 0 saturated heterocycles. The first-order valence-corrected chi connectivity index (χ1v) is 9.73. The molecule has 2 N–H and O–H groups in total. The zero-order chi connectivity index (χ0) is 20.3. The number of aromatic nitrogens is 2. The number of aromatic amines is 2. The van der Waals surface area contributed by atoms with Gasteiger partial charge in [0.15, 0.2) is 10.9 Å². The number of rotatable bonds is 2. The number of nitrogens with zero attached hydrogens (tertiary/aromatic N) is 1. The summed E-state index contributed by atoms with van der Waals surface area (Å²) in [5.74, 6) is 0. The van der Waals surface area contributed by atoms with E-state index in [-0.39, 0.29) is 10.9 Å². The summed E-state index contributed by atoms with van der Waals surface area (Å²) >= 11 is 0. The number of nitrogens with one attached hydrogen (secondary N) is 2. The molecule has 2 heterocycles. The van der Waals surface area contributed by atoms with Gasteiger partial charge in [0, 0.05) is 35.8 Å². The molecule has 0 bridgehead atoms. The first-order valence-electron chi connectivity index (χ1n) is 9.73. The van der Waals surface area contributed by atoms with Crippen LogP contribution in [0.3, 0.4) is 0 Å². The largest absolute Gasteiger partial charge is 0.377 e. The molecule has 5 aromatic rings. The molecule has 0 amide bonds. The fraction of sp³-hybridized carbons (Fsp3) is 0.167. The van der Waals surface area contributed by atoms with E-state index in [1.807, 2.05) is 49.3 Å². The summed E-state index contributed by atoms with van der Waals surface area (Å²) in [6.45, 7) is 2.09. The van der Waals surface area contributed by atoms with E-state index in [9.17, 15) is 9.59 Å². The fourth-order valence-corrected chi connectivity index (χ4v) is 4.31. The van der Waals surface area contributed by atoms with Crippen molar-refractivity contribution >= 4 is 49.3 Å². The van der Waals surface area contributed by atoms with Crippen molar-refractivity contribution in [2.24, 2.45) is 0 Å². The van der Waals surface area contributed by atoms with Crippen LogP contribution in [-0.2, 0) is 6.42 Å². The second kappa shape index (κ2) is 6.21. The highest BCUT2D eigenvalue weighted by atomic mass is 16.1. The molecule has 5 heteroatoms. The number of fused-ring (bicyclic) bond motifs is 4. The van der Waals surface area contributed by atoms with Crippen molar-refractivity contribution in [1.29, 1.82) is 0 Å². The molecule has 0 spiro atoms. The SMILES string of the molecule is CCc1ccc2[nH]c3cc4c(=O)c5ccccc5[nH]c4cc3c(=O)c2c1N(C)C. The molecule has 5 nitrogen and oxygen atoms in total. The van der Waals surface area contributed by atoms with Gasteiger partial charge in [-0.2, -0.15) is 0 Å². The number of H-pyrrole nitrogens is 2. The number of hydrogen-bond donors (Lipinski definition) is 2. The monoisotopic (exact) mass is 383 g/mol. The number of para-hydroxylation sites is 1. The molecule has 2 aromatic heterocycles. The third-order valence-electron chi connectivity index (χ3n) is 5.67. The molecule has 0 radical (unpaired) electrons. The molecular weight excluding hydrogens is 362 g/mol. The van der Waals surface area contributed by atoms with Gasteiger partial charge in [-0.1, -0.05) is 25.1 Å². The topological polar surface area (TPSA) is 69.0 Å². The molecule has 0 unspecified atom stereocenters. The van der Waals surface area contributed by atoms with Crippen LogP contribution in [0.4, 0.5) is 5.69 Å². The van der Waals surface area contributed by atoms with Crippen molar-refractivity contribution in [1.82, 2.24) is 9.97 Å². The predicted octanol–water partition coefficient (Wildman–Crippen LogP) is 4.30. The second-order valence-electron chi connectivity index (χ2n) is 7.64. The van der Waals surface area contributed by atoms with E-state index >= 15 is 0 Å². The molecule has 0 aliphatic rings. The number of aryl methyl sites for hydroxylation is 1. The third-order valence-corrected chi connectivity index (χ3v) is 5.67. The minimum atomic E-state index is -0.0347. The second-order valence-corrected chi connectivity index (χ2v) is 7.64. The van der Waals surface area contributed by atoms with Crippen LogP contribution >= 0.6 is 0 Å². The summed E-state index contributed by atoms with van der Waals surface area (Å²) in [4.78, 5) is 35.2. The summed E-state index contributed by atoms with van der Waals surface area (Å²) in [5, 5.41) is 2.48. The normalized spacial score (nSPS) is 11.7. The Labute approximate surface area is 166 Å². The fourth-order valence-electron chi connectivity index (χ4n) is 4.31. The number of hydrogen-bond acceptors (Lipinski definition) is 3. The van der Waals surface area contributed by atoms with Crippen molar-refractivity contribution in [3.8, 4) is 0 Å². The number of pyridine rings is 2. The van der Waals surface area contributed by atoms with Gasteiger partial charge < -0.3 is 14.9 Å². The lowest BCUT2D eigenvalue weighted by atomic mass is 10.0. The van der Waals surface area contributed by atoms with E-state index in [0.29, 0.717) is 32.6 Å². The average molecular weight is 383 g/mol. The third kappa shape index (κ3) is 2.47. The van der Waals surface area contributed by atoms with Crippen LogP contribution in [0, 0.1) is 0 Å². The Hall–Kier alpha value is -3.60. The van der Waals surface area contributed by atoms with Gasteiger partial charge in [-0.05, 0) is 42.3 Å². The highest BCUT2D eigenvalue weighted by Gasteiger charge is 2.16. The molecule has 0 fully saturated rings. The maximum absolute atomic E-state index is 13.5. The van der Waals surface area contributed by atoms with E-state index < -0.39 is 0 Å². The minimum absolute atomic E-state index is 0.0244. The Morgan fingerprint density at radius 2 is 1.41 bits per heavy atom. The number of benzene rings is 3. The summed E-state index contributed by atoms with van der Waals surface area (Å²) in [6, 6.07) is 15.0. The van der Waals surface area contributed by atoms with Crippen molar-refractivity contribution in [2.45, 2.75) is 13.3 Å². The van der Waals surface area contributed by atoms with Gasteiger partial charge in [-0.3, -0.25) is 9.59 Å². The van der Waals surface area contributed by atoms with Crippen molar-refractivity contribution < 1.29 is 0 Å². The summed E-state index contributed by atoms with van der Waals surface area (Å²) in [6.07, 6.45) is 0.845. The zero-order valence-electron chi connectivity index (χ0n) is 16.6. The molecule has 0 aliphatic heterocycles. The standard InChI is InChI=1S/C24H21N3O2/c1-4-13-9-10-18-21(22(13)27(2)3)24(29)16-12-19-15(11-20(16)26-18)23(28)14-7-5-6-8-17(14)25-19/h5-12H,4H2,1-3H3,(H,25,28)(H,26,29). The lowest BCUT2D eigenvalue weighted by molar-refractivity contribution is 1.07. The van der Waals surface area contributed by atoms with Crippen LogP contribution < -0.4 is 15.8 Å². The van der Waals surface area contributed by atoms with E-state index in [1.54, 1.807) is 12.1 Å². The van der Waals surface area contributed by atoms with Crippen LogP contribution in [0.15, 0.2) is 58.1 Å². The Kier molecular flexibility index (Phi) is 3.74. The molecule has 29 heavy (non-hydrogen) atoms. The molecule has 0 aliphatic carbocycles. The van der Waals surface area contributed by atoms with E-state index in [0.717, 1.165) is 28.7 Å². The maximum Gasteiger partial charge on any atom is 0.199 e.